The molecule has 0 saturated carbocycles. The van der Waals surface area contributed by atoms with Crippen molar-refractivity contribution in [1.82, 2.24) is 0 Å². The van der Waals surface area contributed by atoms with Crippen molar-refractivity contribution >= 4 is 5.97 Å². The van der Waals surface area contributed by atoms with Crippen LogP contribution < -0.4 is 0 Å². The van der Waals surface area contributed by atoms with Crippen molar-refractivity contribution in [2.75, 3.05) is 14.2 Å². The third-order valence-corrected chi connectivity index (χ3v) is 1.60. The molecule has 0 radical (unpaired) electrons. The maximum absolute atomic E-state index is 11.1. The van der Waals surface area contributed by atoms with Gasteiger partial charge in [0, 0.05) is 14.2 Å². The van der Waals surface area contributed by atoms with E-state index in [0.717, 1.165) is 0 Å². The van der Waals surface area contributed by atoms with E-state index in [1.54, 1.807) is 6.92 Å². The maximum Gasteiger partial charge on any atom is 0.363 e. The molecule has 0 aliphatic carbocycles. The molecule has 0 bridgehead atoms. The number of aliphatic hydroxyl groups excluding tert-OH is 1. The summed E-state index contributed by atoms with van der Waals surface area (Å²) < 4.78 is 14.1. The molecule has 0 fully saturated rings. The van der Waals surface area contributed by atoms with Crippen LogP contribution >= 0.6 is 0 Å². The van der Waals surface area contributed by atoms with E-state index in [9.17, 15) is 4.79 Å². The maximum atomic E-state index is 11.1. The average Bonchev–Trinajstić information content (AvgIpc) is 2.06. The molecule has 0 heterocycles. The summed E-state index contributed by atoms with van der Waals surface area (Å²) in [6.45, 7) is 3.12. The minimum atomic E-state index is -1.03. The Morgan fingerprint density at radius 1 is 1.23 bits per heavy atom. The first-order chi connectivity index (χ1) is 6.02. The third-order valence-electron chi connectivity index (χ3n) is 1.60. The molecule has 0 spiro atoms. The van der Waals surface area contributed by atoms with Crippen molar-refractivity contribution in [3.8, 4) is 0 Å². The van der Waals surface area contributed by atoms with E-state index in [-0.39, 0.29) is 0 Å². The van der Waals surface area contributed by atoms with Crippen LogP contribution in [0, 0.1) is 0 Å². The topological polar surface area (TPSA) is 65.0 Å². The molecular formula is C8H16O5. The molecule has 78 valence electrons. The van der Waals surface area contributed by atoms with Crippen LogP contribution in [0.4, 0.5) is 0 Å². The van der Waals surface area contributed by atoms with Crippen LogP contribution in [0.25, 0.3) is 0 Å². The quantitative estimate of drug-likeness (QED) is 0.487. The summed E-state index contributed by atoms with van der Waals surface area (Å²) in [6.07, 6.45) is -2.31. The minimum Gasteiger partial charge on any atom is -0.456 e. The molecule has 0 saturated heterocycles. The number of esters is 1. The van der Waals surface area contributed by atoms with Crippen LogP contribution in [-0.4, -0.2) is 43.8 Å². The highest BCUT2D eigenvalue weighted by Gasteiger charge is 2.22. The number of hydrogen-bond donors (Lipinski definition) is 1. The van der Waals surface area contributed by atoms with Crippen molar-refractivity contribution < 1.29 is 24.1 Å². The fraction of sp³-hybridized carbons (Fsp3) is 0.875. The van der Waals surface area contributed by atoms with Gasteiger partial charge in [0.2, 0.25) is 0 Å². The number of carbonyl (C=O) groups excluding carboxylic acids is 1. The molecule has 0 aromatic carbocycles. The van der Waals surface area contributed by atoms with Gasteiger partial charge >= 0.3 is 5.97 Å². The highest BCUT2D eigenvalue weighted by Crippen LogP contribution is 2.02. The van der Waals surface area contributed by atoms with Crippen LogP contribution in [0.2, 0.25) is 0 Å². The second kappa shape index (κ2) is 5.90. The Labute approximate surface area is 77.6 Å². The predicted molar refractivity (Wildman–Crippen MR) is 45.0 cm³/mol. The monoisotopic (exact) mass is 192 g/mol. The van der Waals surface area contributed by atoms with E-state index in [4.69, 9.17) is 9.84 Å². The normalized spacial score (nSPS) is 15.5. The van der Waals surface area contributed by atoms with Crippen molar-refractivity contribution in [3.63, 3.8) is 0 Å². The largest absolute Gasteiger partial charge is 0.456 e. The first-order valence-electron chi connectivity index (χ1n) is 3.97. The number of carbonyl (C=O) groups is 1. The third kappa shape index (κ3) is 4.21. The summed E-state index contributed by atoms with van der Waals surface area (Å²) in [5.74, 6) is -0.640. The first-order valence-corrected chi connectivity index (χ1v) is 3.97. The molecular weight excluding hydrogens is 176 g/mol. The van der Waals surface area contributed by atoms with Gasteiger partial charge in [0.1, 0.15) is 6.10 Å². The van der Waals surface area contributed by atoms with Gasteiger partial charge in [-0.1, -0.05) is 0 Å². The van der Waals surface area contributed by atoms with Crippen molar-refractivity contribution in [3.05, 3.63) is 0 Å². The van der Waals surface area contributed by atoms with Gasteiger partial charge in [-0.2, -0.15) is 0 Å². The Balaban J connectivity index is 3.98. The van der Waals surface area contributed by atoms with E-state index in [2.05, 4.69) is 9.47 Å². The van der Waals surface area contributed by atoms with Gasteiger partial charge in [-0.25, -0.2) is 4.79 Å². The summed E-state index contributed by atoms with van der Waals surface area (Å²) in [6, 6.07) is 0. The van der Waals surface area contributed by atoms with Gasteiger partial charge in [0.25, 0.3) is 6.29 Å². The molecule has 0 amide bonds. The lowest BCUT2D eigenvalue weighted by Crippen LogP contribution is -2.33. The minimum absolute atomic E-state index is 0.569. The summed E-state index contributed by atoms with van der Waals surface area (Å²) >= 11 is 0. The van der Waals surface area contributed by atoms with Crippen molar-refractivity contribution in [2.45, 2.75) is 32.3 Å². The van der Waals surface area contributed by atoms with Gasteiger partial charge in [-0.05, 0) is 13.8 Å². The molecule has 0 rings (SSSR count). The molecule has 2 unspecified atom stereocenters. The van der Waals surface area contributed by atoms with E-state index in [1.165, 1.54) is 21.1 Å². The number of rotatable bonds is 5. The zero-order valence-corrected chi connectivity index (χ0v) is 8.31. The lowest BCUT2D eigenvalue weighted by Gasteiger charge is -2.18. The Morgan fingerprint density at radius 2 is 1.69 bits per heavy atom. The van der Waals surface area contributed by atoms with Crippen LogP contribution in [0.3, 0.4) is 0 Å². The first kappa shape index (κ1) is 12.3. The molecule has 0 aliphatic rings. The summed E-state index contributed by atoms with van der Waals surface area (Å²) in [4.78, 5) is 11.1. The van der Waals surface area contributed by atoms with Crippen LogP contribution in [0.1, 0.15) is 13.8 Å². The average molecular weight is 192 g/mol. The number of ether oxygens (including phenoxy) is 3. The fourth-order valence-corrected chi connectivity index (χ4v) is 0.626. The van der Waals surface area contributed by atoms with Crippen molar-refractivity contribution in [2.24, 2.45) is 0 Å². The second-order valence-corrected chi connectivity index (χ2v) is 2.69. The number of methoxy groups -OCH3 is 2. The Bertz CT molecular complexity index is 153. The van der Waals surface area contributed by atoms with E-state index >= 15 is 0 Å². The highest BCUT2D eigenvalue weighted by molar-refractivity contribution is 5.73. The van der Waals surface area contributed by atoms with E-state index in [0.29, 0.717) is 0 Å². The van der Waals surface area contributed by atoms with Gasteiger partial charge in [-0.15, -0.1) is 0 Å². The lowest BCUT2D eigenvalue weighted by atomic mass is 10.3. The zero-order chi connectivity index (χ0) is 10.4. The second-order valence-electron chi connectivity index (χ2n) is 2.69. The molecule has 0 aliphatic heterocycles. The predicted octanol–water partition coefficient (Wildman–Crippen LogP) is -0.0822. The van der Waals surface area contributed by atoms with Gasteiger partial charge in [-0.3, -0.25) is 0 Å². The Kier molecular flexibility index (Phi) is 5.61. The summed E-state index contributed by atoms with van der Waals surface area (Å²) in [5.41, 5.74) is 0. The summed E-state index contributed by atoms with van der Waals surface area (Å²) in [5, 5.41) is 9.04. The summed E-state index contributed by atoms with van der Waals surface area (Å²) in [7, 11) is 2.67. The van der Waals surface area contributed by atoms with E-state index in [1.807, 2.05) is 0 Å². The molecule has 2 atom stereocenters. The standard InChI is InChI=1S/C8H16O5/c1-5(9)6(2)13-7(10)8(11-3)12-4/h5-6,8-9H,1-4H3. The Morgan fingerprint density at radius 3 is 2.00 bits per heavy atom. The molecule has 5 heteroatoms. The SMILES string of the molecule is COC(OC)C(=O)OC(C)C(C)O. The zero-order valence-electron chi connectivity index (χ0n) is 8.31. The molecule has 1 N–H and O–H groups in total. The lowest BCUT2D eigenvalue weighted by molar-refractivity contribution is -0.191. The number of hydrogen-bond acceptors (Lipinski definition) is 5. The van der Waals surface area contributed by atoms with Gasteiger partial charge in [0.05, 0.1) is 6.10 Å². The highest BCUT2D eigenvalue weighted by atomic mass is 16.7. The fourth-order valence-electron chi connectivity index (χ4n) is 0.626. The van der Waals surface area contributed by atoms with Crippen LogP contribution in [0.5, 0.6) is 0 Å². The Hall–Kier alpha value is -0.650. The molecule has 5 nitrogen and oxygen atoms in total. The van der Waals surface area contributed by atoms with Crippen LogP contribution in [0.15, 0.2) is 0 Å². The molecule has 0 aromatic heterocycles. The van der Waals surface area contributed by atoms with Crippen LogP contribution in [-0.2, 0) is 19.0 Å². The molecule has 13 heavy (non-hydrogen) atoms. The van der Waals surface area contributed by atoms with Crippen molar-refractivity contribution in [1.29, 1.82) is 0 Å². The van der Waals surface area contributed by atoms with Gasteiger partial charge in [0.15, 0.2) is 0 Å². The van der Waals surface area contributed by atoms with Gasteiger partial charge < -0.3 is 19.3 Å². The molecule has 0 aromatic rings. The number of aliphatic hydroxyl groups is 1. The van der Waals surface area contributed by atoms with E-state index < -0.39 is 24.5 Å². The smallest absolute Gasteiger partial charge is 0.363 e.